The average Bonchev–Trinajstić information content (AvgIpc) is 2.97. The number of rotatable bonds is 26. The molecule has 0 aromatic heterocycles. The van der Waals surface area contributed by atoms with Crippen molar-refractivity contribution >= 4 is 0 Å². The molecule has 2 saturated carbocycles. The Labute approximate surface area is 249 Å². The van der Waals surface area contributed by atoms with Crippen LogP contribution in [0, 0.1) is 10.8 Å². The Morgan fingerprint density at radius 3 is 0.769 bits per heavy atom. The first-order valence-electron chi connectivity index (χ1n) is 19.3. The molecule has 0 aromatic carbocycles. The van der Waals surface area contributed by atoms with E-state index in [2.05, 4.69) is 13.8 Å². The fourth-order valence-electron chi connectivity index (χ4n) is 8.98. The van der Waals surface area contributed by atoms with Gasteiger partial charge in [0.15, 0.2) is 0 Å². The van der Waals surface area contributed by atoms with Crippen molar-refractivity contribution in [3.63, 3.8) is 0 Å². The molecular weight excluding hydrogens is 468 g/mol. The normalized spacial score (nSPS) is 18.9. The van der Waals surface area contributed by atoms with Crippen LogP contribution in [0.2, 0.25) is 0 Å². The fourth-order valence-corrected chi connectivity index (χ4v) is 8.98. The number of hydrogen-bond donors (Lipinski definition) is 0. The molecule has 0 unspecified atom stereocenters. The van der Waals surface area contributed by atoms with Gasteiger partial charge < -0.3 is 0 Å². The largest absolute Gasteiger partial charge is 0.0654 e. The van der Waals surface area contributed by atoms with E-state index in [0.717, 1.165) is 10.8 Å². The van der Waals surface area contributed by atoms with Crippen molar-refractivity contribution in [1.29, 1.82) is 0 Å². The zero-order chi connectivity index (χ0) is 27.7. The molecule has 0 spiro atoms. The molecule has 0 bridgehead atoms. The Morgan fingerprint density at radius 1 is 0.282 bits per heavy atom. The zero-order valence-corrected chi connectivity index (χ0v) is 27.7. The molecule has 39 heavy (non-hydrogen) atoms. The van der Waals surface area contributed by atoms with Crippen LogP contribution in [0.1, 0.15) is 239 Å². The van der Waals surface area contributed by atoms with E-state index >= 15 is 0 Å². The second-order valence-electron chi connectivity index (χ2n) is 14.6. The maximum Gasteiger partial charge on any atom is -0.0241 e. The average molecular weight is 545 g/mol. The minimum absolute atomic E-state index is 0.725. The SMILES string of the molecule is CCCCCCCCCCCCCCC1(C2(CCCCCCCCCCCCC)CCCCC2)CCCCC1. The van der Waals surface area contributed by atoms with Crippen LogP contribution in [-0.4, -0.2) is 0 Å². The summed E-state index contributed by atoms with van der Waals surface area (Å²) in [5.74, 6) is 0. The summed E-state index contributed by atoms with van der Waals surface area (Å²) >= 11 is 0. The smallest absolute Gasteiger partial charge is 0.0241 e. The van der Waals surface area contributed by atoms with Crippen molar-refractivity contribution in [2.24, 2.45) is 10.8 Å². The van der Waals surface area contributed by atoms with Crippen LogP contribution >= 0.6 is 0 Å². The topological polar surface area (TPSA) is 0 Å². The second kappa shape index (κ2) is 23.6. The predicted octanol–water partition coefficient (Wildman–Crippen LogP) is 14.7. The lowest BCUT2D eigenvalue weighted by molar-refractivity contribution is -0.0516. The van der Waals surface area contributed by atoms with E-state index in [0.29, 0.717) is 0 Å². The maximum atomic E-state index is 2.33. The minimum Gasteiger partial charge on any atom is -0.0654 e. The van der Waals surface area contributed by atoms with Gasteiger partial charge in [-0.25, -0.2) is 0 Å². The van der Waals surface area contributed by atoms with Crippen LogP contribution in [0.25, 0.3) is 0 Å². The van der Waals surface area contributed by atoms with Crippen molar-refractivity contribution in [3.05, 3.63) is 0 Å². The van der Waals surface area contributed by atoms with Crippen LogP contribution in [0.4, 0.5) is 0 Å². The molecule has 232 valence electrons. The first-order chi connectivity index (χ1) is 19.3. The lowest BCUT2D eigenvalue weighted by Gasteiger charge is -2.56. The predicted molar refractivity (Wildman–Crippen MR) is 178 cm³/mol. The lowest BCUT2D eigenvalue weighted by atomic mass is 9.49. The summed E-state index contributed by atoms with van der Waals surface area (Å²) in [6, 6.07) is 0. The Bertz CT molecular complexity index is 506. The second-order valence-corrected chi connectivity index (χ2v) is 14.6. The van der Waals surface area contributed by atoms with Gasteiger partial charge in [-0.3, -0.25) is 0 Å². The number of unbranched alkanes of at least 4 members (excludes halogenated alkanes) is 21. The van der Waals surface area contributed by atoms with Gasteiger partial charge in [-0.15, -0.1) is 0 Å². The standard InChI is InChI=1S/C39H76/c1-3-5-7-9-11-13-15-17-19-21-23-27-33-39(36-30-25-31-37-39)38(34-28-24-29-35-38)32-26-22-20-18-16-14-12-10-8-6-4-2/h3-37H2,1-2H3. The third-order valence-corrected chi connectivity index (χ3v) is 11.5. The van der Waals surface area contributed by atoms with Gasteiger partial charge in [0.1, 0.15) is 0 Å². The molecule has 0 amide bonds. The Balaban J connectivity index is 1.67. The molecule has 2 fully saturated rings. The van der Waals surface area contributed by atoms with Crippen LogP contribution < -0.4 is 0 Å². The van der Waals surface area contributed by atoms with Crippen molar-refractivity contribution in [2.45, 2.75) is 239 Å². The van der Waals surface area contributed by atoms with E-state index in [4.69, 9.17) is 0 Å². The van der Waals surface area contributed by atoms with Gasteiger partial charge in [0.05, 0.1) is 0 Å². The minimum atomic E-state index is 0.725. The summed E-state index contributed by atoms with van der Waals surface area (Å²) in [4.78, 5) is 0. The van der Waals surface area contributed by atoms with Crippen molar-refractivity contribution in [2.75, 3.05) is 0 Å². The van der Waals surface area contributed by atoms with Gasteiger partial charge in [-0.05, 0) is 49.4 Å². The Hall–Kier alpha value is 0. The van der Waals surface area contributed by atoms with Gasteiger partial charge in [-0.1, -0.05) is 200 Å². The van der Waals surface area contributed by atoms with Gasteiger partial charge in [0.2, 0.25) is 0 Å². The third kappa shape index (κ3) is 14.6. The molecule has 0 heteroatoms. The molecule has 0 aliphatic heterocycles. The van der Waals surface area contributed by atoms with Crippen molar-refractivity contribution in [1.82, 2.24) is 0 Å². The highest BCUT2D eigenvalue weighted by Crippen LogP contribution is 2.61. The summed E-state index contributed by atoms with van der Waals surface area (Å²) in [6.07, 6.45) is 52.9. The van der Waals surface area contributed by atoms with Gasteiger partial charge >= 0.3 is 0 Å². The van der Waals surface area contributed by atoms with E-state index < -0.39 is 0 Å². The summed E-state index contributed by atoms with van der Waals surface area (Å²) < 4.78 is 0. The van der Waals surface area contributed by atoms with Crippen LogP contribution in [0.5, 0.6) is 0 Å². The number of hydrogen-bond acceptors (Lipinski definition) is 0. The first kappa shape index (κ1) is 35.2. The van der Waals surface area contributed by atoms with Crippen molar-refractivity contribution < 1.29 is 0 Å². The monoisotopic (exact) mass is 545 g/mol. The van der Waals surface area contributed by atoms with E-state index in [9.17, 15) is 0 Å². The highest BCUT2D eigenvalue weighted by molar-refractivity contribution is 5.00. The highest BCUT2D eigenvalue weighted by Gasteiger charge is 2.50. The van der Waals surface area contributed by atoms with Crippen LogP contribution in [0.15, 0.2) is 0 Å². The summed E-state index contributed by atoms with van der Waals surface area (Å²) in [5, 5.41) is 0. The molecule has 0 aromatic rings. The molecule has 2 aliphatic carbocycles. The summed E-state index contributed by atoms with van der Waals surface area (Å²) in [6.45, 7) is 4.65. The van der Waals surface area contributed by atoms with E-state index in [1.807, 2.05) is 0 Å². The summed E-state index contributed by atoms with van der Waals surface area (Å²) in [7, 11) is 0. The van der Waals surface area contributed by atoms with Crippen LogP contribution in [0.3, 0.4) is 0 Å². The summed E-state index contributed by atoms with van der Waals surface area (Å²) in [5.41, 5.74) is 1.45. The quantitative estimate of drug-likeness (QED) is 0.0950. The molecule has 0 saturated heterocycles. The molecular formula is C39H76. The molecule has 0 radical (unpaired) electrons. The van der Waals surface area contributed by atoms with E-state index in [1.54, 1.807) is 38.5 Å². The van der Waals surface area contributed by atoms with E-state index in [-0.39, 0.29) is 0 Å². The maximum absolute atomic E-state index is 2.33. The zero-order valence-electron chi connectivity index (χ0n) is 27.7. The molecule has 0 heterocycles. The van der Waals surface area contributed by atoms with Gasteiger partial charge in [0, 0.05) is 0 Å². The molecule has 0 atom stereocenters. The van der Waals surface area contributed by atoms with Gasteiger partial charge in [-0.2, -0.15) is 0 Å². The molecule has 2 aliphatic rings. The molecule has 0 nitrogen and oxygen atoms in total. The van der Waals surface area contributed by atoms with Crippen LogP contribution in [-0.2, 0) is 0 Å². The molecule has 2 rings (SSSR count). The lowest BCUT2D eigenvalue weighted by Crippen LogP contribution is -2.45. The van der Waals surface area contributed by atoms with E-state index in [1.165, 1.54) is 186 Å². The Kier molecular flexibility index (Phi) is 21.3. The third-order valence-electron chi connectivity index (χ3n) is 11.5. The van der Waals surface area contributed by atoms with Gasteiger partial charge in [0.25, 0.3) is 0 Å². The first-order valence-corrected chi connectivity index (χ1v) is 19.3. The highest BCUT2D eigenvalue weighted by atomic mass is 14.5. The fraction of sp³-hybridized carbons (Fsp3) is 1.00. The van der Waals surface area contributed by atoms with Crippen molar-refractivity contribution in [3.8, 4) is 0 Å². The molecule has 0 N–H and O–H groups in total. The Morgan fingerprint density at radius 2 is 0.513 bits per heavy atom.